The fraction of sp³-hybridized carbons (Fsp3) is 0.333. The third kappa shape index (κ3) is 3.30. The number of primary sulfonamides is 1. The highest BCUT2D eigenvalue weighted by Gasteiger charge is 2.30. The van der Waals surface area contributed by atoms with Gasteiger partial charge in [-0.2, -0.15) is 13.2 Å². The van der Waals surface area contributed by atoms with Crippen LogP contribution in [-0.2, 0) is 16.6 Å². The average molecular weight is 322 g/mol. The molecule has 0 spiro atoms. The Morgan fingerprint density at radius 1 is 1.33 bits per heavy atom. The molecule has 21 heavy (non-hydrogen) atoms. The van der Waals surface area contributed by atoms with Crippen molar-refractivity contribution in [2.75, 3.05) is 6.61 Å². The summed E-state index contributed by atoms with van der Waals surface area (Å²) in [5.74, 6) is 0.181. The van der Waals surface area contributed by atoms with Crippen molar-refractivity contribution in [3.8, 4) is 5.75 Å². The minimum atomic E-state index is -4.48. The third-order valence-electron chi connectivity index (χ3n) is 2.79. The molecular weight excluding hydrogens is 309 g/mol. The van der Waals surface area contributed by atoms with Gasteiger partial charge in [0.15, 0.2) is 0 Å². The van der Waals surface area contributed by atoms with E-state index in [-0.39, 0.29) is 28.2 Å². The number of hydrogen-bond acceptors (Lipinski definition) is 3. The summed E-state index contributed by atoms with van der Waals surface area (Å²) >= 11 is 0. The summed E-state index contributed by atoms with van der Waals surface area (Å²) in [6, 6.07) is 4.36. The highest BCUT2D eigenvalue weighted by atomic mass is 32.2. The van der Waals surface area contributed by atoms with E-state index in [2.05, 4.69) is 0 Å². The van der Waals surface area contributed by atoms with Crippen LogP contribution in [0.15, 0.2) is 29.3 Å². The Bertz CT molecular complexity index is 766. The third-order valence-corrected chi connectivity index (χ3v) is 3.71. The Morgan fingerprint density at radius 2 is 2.00 bits per heavy atom. The largest absolute Gasteiger partial charge is 0.493 e. The summed E-state index contributed by atoms with van der Waals surface area (Å²) < 4.78 is 67.1. The number of benzene rings is 1. The second kappa shape index (κ2) is 5.23. The minimum Gasteiger partial charge on any atom is -0.493 e. The van der Waals surface area contributed by atoms with Crippen LogP contribution in [0.2, 0.25) is 0 Å². The van der Waals surface area contributed by atoms with Gasteiger partial charge in [0, 0.05) is 6.20 Å². The first-order valence-electron chi connectivity index (χ1n) is 5.97. The lowest BCUT2D eigenvalue weighted by Gasteiger charge is -2.09. The quantitative estimate of drug-likeness (QED) is 0.938. The molecule has 0 saturated carbocycles. The Morgan fingerprint density at radius 3 is 2.52 bits per heavy atom. The van der Waals surface area contributed by atoms with Crippen molar-refractivity contribution in [3.63, 3.8) is 0 Å². The molecule has 2 rings (SSSR count). The number of fused-ring (bicyclic) bond motifs is 1. The maximum absolute atomic E-state index is 12.6. The van der Waals surface area contributed by atoms with Crippen molar-refractivity contribution in [1.82, 2.24) is 4.57 Å². The Labute approximate surface area is 119 Å². The lowest BCUT2D eigenvalue weighted by Crippen LogP contribution is -2.17. The van der Waals surface area contributed by atoms with Crippen LogP contribution in [0, 0.1) is 0 Å². The first-order valence-corrected chi connectivity index (χ1v) is 7.52. The SMILES string of the molecule is CCOc1cccc2c1c(S(N)(=O)=O)cn2CC(F)(F)F. The number of hydrogen-bond donors (Lipinski definition) is 1. The van der Waals surface area contributed by atoms with Crippen molar-refractivity contribution < 1.29 is 26.3 Å². The molecule has 9 heteroatoms. The predicted octanol–water partition coefficient (Wildman–Crippen LogP) is 2.25. The summed E-state index contributed by atoms with van der Waals surface area (Å²) in [5, 5.41) is 5.15. The van der Waals surface area contributed by atoms with Crippen LogP contribution in [0.3, 0.4) is 0 Å². The monoisotopic (exact) mass is 322 g/mol. The molecule has 0 saturated heterocycles. The van der Waals surface area contributed by atoms with Gasteiger partial charge in [-0.15, -0.1) is 0 Å². The maximum Gasteiger partial charge on any atom is 0.406 e. The highest BCUT2D eigenvalue weighted by Crippen LogP contribution is 2.34. The molecular formula is C12H13F3N2O3S. The molecule has 0 bridgehead atoms. The van der Waals surface area contributed by atoms with Crippen molar-refractivity contribution in [3.05, 3.63) is 24.4 Å². The van der Waals surface area contributed by atoms with Crippen LogP contribution in [0.25, 0.3) is 10.9 Å². The number of nitrogens with two attached hydrogens (primary N) is 1. The minimum absolute atomic E-state index is 0.0612. The summed E-state index contributed by atoms with van der Waals surface area (Å²) in [4.78, 5) is -0.384. The van der Waals surface area contributed by atoms with Crippen LogP contribution in [0.1, 0.15) is 6.92 Å². The number of alkyl halides is 3. The number of rotatable bonds is 4. The highest BCUT2D eigenvalue weighted by molar-refractivity contribution is 7.89. The van der Waals surface area contributed by atoms with E-state index in [1.807, 2.05) is 0 Å². The van der Waals surface area contributed by atoms with Crippen LogP contribution < -0.4 is 9.88 Å². The zero-order chi connectivity index (χ0) is 15.8. The molecule has 1 heterocycles. The average Bonchev–Trinajstić information content (AvgIpc) is 2.67. The zero-order valence-electron chi connectivity index (χ0n) is 11.0. The van der Waals surface area contributed by atoms with Gasteiger partial charge in [0.05, 0.1) is 17.5 Å². The van der Waals surface area contributed by atoms with Gasteiger partial charge in [0.2, 0.25) is 10.0 Å². The number of aromatic nitrogens is 1. The van der Waals surface area contributed by atoms with Gasteiger partial charge < -0.3 is 9.30 Å². The maximum atomic E-state index is 12.6. The van der Waals surface area contributed by atoms with Gasteiger partial charge in [-0.05, 0) is 19.1 Å². The summed E-state index contributed by atoms with van der Waals surface area (Å²) in [6.45, 7) is 0.615. The van der Waals surface area contributed by atoms with Crippen LogP contribution >= 0.6 is 0 Å². The molecule has 0 aliphatic heterocycles. The van der Waals surface area contributed by atoms with E-state index < -0.39 is 22.7 Å². The molecule has 0 unspecified atom stereocenters. The van der Waals surface area contributed by atoms with Gasteiger partial charge in [0.25, 0.3) is 0 Å². The Kier molecular flexibility index (Phi) is 3.89. The number of halogens is 3. The second-order valence-electron chi connectivity index (χ2n) is 4.36. The van der Waals surface area contributed by atoms with E-state index in [9.17, 15) is 21.6 Å². The molecule has 2 aromatic rings. The topological polar surface area (TPSA) is 74.3 Å². The lowest BCUT2D eigenvalue weighted by molar-refractivity contribution is -0.139. The summed E-state index contributed by atoms with van der Waals surface area (Å²) in [7, 11) is -4.17. The number of sulfonamides is 1. The molecule has 0 amide bonds. The molecule has 0 radical (unpaired) electrons. The molecule has 0 aliphatic carbocycles. The predicted molar refractivity (Wildman–Crippen MR) is 70.5 cm³/mol. The summed E-state index contributed by atoms with van der Waals surface area (Å²) in [6.07, 6.45) is -3.60. The van der Waals surface area contributed by atoms with Gasteiger partial charge >= 0.3 is 6.18 Å². The first-order chi connectivity index (χ1) is 9.63. The molecule has 0 fully saturated rings. The van der Waals surface area contributed by atoms with Crippen LogP contribution in [0.4, 0.5) is 13.2 Å². The van der Waals surface area contributed by atoms with Gasteiger partial charge in [0.1, 0.15) is 17.2 Å². The zero-order valence-corrected chi connectivity index (χ0v) is 11.8. The van der Waals surface area contributed by atoms with E-state index in [4.69, 9.17) is 9.88 Å². The van der Waals surface area contributed by atoms with Gasteiger partial charge in [-0.3, -0.25) is 0 Å². The fourth-order valence-electron chi connectivity index (χ4n) is 2.10. The van der Waals surface area contributed by atoms with Gasteiger partial charge in [-0.25, -0.2) is 13.6 Å². The second-order valence-corrected chi connectivity index (χ2v) is 5.89. The van der Waals surface area contributed by atoms with Crippen molar-refractivity contribution >= 4 is 20.9 Å². The molecule has 1 aromatic heterocycles. The molecule has 5 nitrogen and oxygen atoms in total. The molecule has 0 atom stereocenters. The fourth-order valence-corrected chi connectivity index (χ4v) is 2.86. The normalized spacial score (nSPS) is 12.8. The smallest absolute Gasteiger partial charge is 0.406 e. The van der Waals surface area contributed by atoms with Crippen molar-refractivity contribution in [2.45, 2.75) is 24.5 Å². The molecule has 0 aliphatic rings. The first kappa shape index (κ1) is 15.6. The Balaban J connectivity index is 2.77. The Hall–Kier alpha value is -1.74. The lowest BCUT2D eigenvalue weighted by atomic mass is 10.2. The van der Waals surface area contributed by atoms with Crippen LogP contribution in [0.5, 0.6) is 5.75 Å². The summed E-state index contributed by atoms with van der Waals surface area (Å²) in [5.41, 5.74) is 0.0994. The number of ether oxygens (including phenoxy) is 1. The molecule has 2 N–H and O–H groups in total. The van der Waals surface area contributed by atoms with Crippen molar-refractivity contribution in [2.24, 2.45) is 5.14 Å². The van der Waals surface area contributed by atoms with Crippen molar-refractivity contribution in [1.29, 1.82) is 0 Å². The van der Waals surface area contributed by atoms with Crippen LogP contribution in [-0.4, -0.2) is 25.8 Å². The standard InChI is InChI=1S/C12H13F3N2O3S/c1-2-20-9-5-3-4-8-11(9)10(21(16,18)19)6-17(8)7-12(13,14)15/h3-6H,2,7H2,1H3,(H2,16,18,19). The van der Waals surface area contributed by atoms with E-state index >= 15 is 0 Å². The molecule has 1 aromatic carbocycles. The molecule has 116 valence electrons. The number of nitrogens with zero attached hydrogens (tertiary/aromatic N) is 1. The van der Waals surface area contributed by atoms with E-state index in [0.29, 0.717) is 0 Å². The van der Waals surface area contributed by atoms with E-state index in [0.717, 1.165) is 10.8 Å². The van der Waals surface area contributed by atoms with E-state index in [1.54, 1.807) is 6.92 Å². The van der Waals surface area contributed by atoms with E-state index in [1.165, 1.54) is 18.2 Å². The van der Waals surface area contributed by atoms with Gasteiger partial charge in [-0.1, -0.05) is 6.07 Å².